The first-order valence-electron chi connectivity index (χ1n) is 8.42. The molecule has 1 spiro atoms. The fourth-order valence-electron chi connectivity index (χ4n) is 3.72. The summed E-state index contributed by atoms with van der Waals surface area (Å²) in [5.41, 5.74) is 1.77. The SMILES string of the molecule is O=C1OC2(CCN(C(=O)Cc3ccc(F)cc3)CC2)c2ccccc21. The average Bonchev–Trinajstić information content (AvgIpc) is 2.90. The van der Waals surface area contributed by atoms with Crippen LogP contribution in [0, 0.1) is 5.82 Å². The van der Waals surface area contributed by atoms with Gasteiger partial charge < -0.3 is 9.64 Å². The van der Waals surface area contributed by atoms with E-state index in [2.05, 4.69) is 0 Å². The minimum atomic E-state index is -0.597. The van der Waals surface area contributed by atoms with Crippen LogP contribution in [-0.4, -0.2) is 29.9 Å². The normalized spacial score (nSPS) is 18.1. The monoisotopic (exact) mass is 339 g/mol. The van der Waals surface area contributed by atoms with E-state index in [1.165, 1.54) is 12.1 Å². The second-order valence-electron chi connectivity index (χ2n) is 6.61. The number of halogens is 1. The van der Waals surface area contributed by atoms with Crippen LogP contribution in [0.2, 0.25) is 0 Å². The highest BCUT2D eigenvalue weighted by Crippen LogP contribution is 2.43. The summed E-state index contributed by atoms with van der Waals surface area (Å²) >= 11 is 0. The number of hydrogen-bond donors (Lipinski definition) is 0. The molecule has 2 heterocycles. The summed E-state index contributed by atoms with van der Waals surface area (Å²) in [5, 5.41) is 0. The number of ether oxygens (including phenoxy) is 1. The van der Waals surface area contributed by atoms with Gasteiger partial charge in [-0.25, -0.2) is 9.18 Å². The van der Waals surface area contributed by atoms with Gasteiger partial charge in [-0.2, -0.15) is 0 Å². The number of esters is 1. The Balaban J connectivity index is 1.44. The van der Waals surface area contributed by atoms with Gasteiger partial charge in [0.05, 0.1) is 12.0 Å². The number of rotatable bonds is 2. The van der Waals surface area contributed by atoms with Crippen LogP contribution in [-0.2, 0) is 21.6 Å². The number of hydrogen-bond acceptors (Lipinski definition) is 3. The number of likely N-dealkylation sites (tertiary alicyclic amines) is 1. The molecule has 0 aromatic heterocycles. The maximum Gasteiger partial charge on any atom is 0.339 e. The van der Waals surface area contributed by atoms with E-state index in [0.29, 0.717) is 31.5 Å². The van der Waals surface area contributed by atoms with Gasteiger partial charge >= 0.3 is 5.97 Å². The number of amides is 1. The summed E-state index contributed by atoms with van der Waals surface area (Å²) in [7, 11) is 0. The zero-order valence-electron chi connectivity index (χ0n) is 13.7. The van der Waals surface area contributed by atoms with Gasteiger partial charge in [0, 0.05) is 31.5 Å². The van der Waals surface area contributed by atoms with Crippen molar-refractivity contribution in [3.63, 3.8) is 0 Å². The summed E-state index contributed by atoms with van der Waals surface area (Å²) < 4.78 is 18.7. The number of benzene rings is 2. The molecule has 2 aliphatic rings. The molecule has 0 atom stereocenters. The topological polar surface area (TPSA) is 46.6 Å². The summed E-state index contributed by atoms with van der Waals surface area (Å²) in [6.45, 7) is 1.09. The molecule has 128 valence electrons. The maximum absolute atomic E-state index is 13.0. The number of piperidine rings is 1. The lowest BCUT2D eigenvalue weighted by Crippen LogP contribution is -2.45. The largest absolute Gasteiger partial charge is 0.450 e. The fraction of sp³-hybridized carbons (Fsp3) is 0.300. The van der Waals surface area contributed by atoms with Crippen molar-refractivity contribution in [1.82, 2.24) is 4.90 Å². The highest BCUT2D eigenvalue weighted by atomic mass is 19.1. The van der Waals surface area contributed by atoms with E-state index >= 15 is 0 Å². The van der Waals surface area contributed by atoms with E-state index in [9.17, 15) is 14.0 Å². The van der Waals surface area contributed by atoms with E-state index < -0.39 is 5.60 Å². The minimum absolute atomic E-state index is 0.0130. The van der Waals surface area contributed by atoms with Crippen LogP contribution >= 0.6 is 0 Å². The van der Waals surface area contributed by atoms with Crippen molar-refractivity contribution in [3.05, 3.63) is 71.0 Å². The Labute approximate surface area is 145 Å². The minimum Gasteiger partial charge on any atom is -0.450 e. The zero-order valence-corrected chi connectivity index (χ0v) is 13.7. The second kappa shape index (κ2) is 5.99. The molecule has 1 amide bonds. The van der Waals surface area contributed by atoms with Crippen LogP contribution in [0.15, 0.2) is 48.5 Å². The Morgan fingerprint density at radius 3 is 2.48 bits per heavy atom. The molecule has 5 heteroatoms. The molecule has 0 radical (unpaired) electrons. The van der Waals surface area contributed by atoms with Gasteiger partial charge in [-0.3, -0.25) is 4.79 Å². The predicted molar refractivity (Wildman–Crippen MR) is 89.5 cm³/mol. The van der Waals surface area contributed by atoms with Crippen LogP contribution in [0.25, 0.3) is 0 Å². The van der Waals surface area contributed by atoms with Crippen molar-refractivity contribution in [1.29, 1.82) is 0 Å². The second-order valence-corrected chi connectivity index (χ2v) is 6.61. The number of fused-ring (bicyclic) bond motifs is 2. The van der Waals surface area contributed by atoms with Gasteiger partial charge in [0.25, 0.3) is 0 Å². The summed E-state index contributed by atoms with van der Waals surface area (Å²) in [6, 6.07) is 13.5. The molecule has 0 aliphatic carbocycles. The average molecular weight is 339 g/mol. The lowest BCUT2D eigenvalue weighted by molar-refractivity contribution is -0.134. The highest BCUT2D eigenvalue weighted by Gasteiger charge is 2.47. The van der Waals surface area contributed by atoms with Gasteiger partial charge in [0.2, 0.25) is 5.91 Å². The van der Waals surface area contributed by atoms with Crippen LogP contribution in [0.1, 0.15) is 34.3 Å². The molecule has 1 fully saturated rings. The Hall–Kier alpha value is -2.69. The Morgan fingerprint density at radius 1 is 1.08 bits per heavy atom. The van der Waals surface area contributed by atoms with Crippen molar-refractivity contribution < 1.29 is 18.7 Å². The Bertz CT molecular complexity index is 823. The first-order chi connectivity index (χ1) is 12.1. The summed E-state index contributed by atoms with van der Waals surface area (Å²) in [5.74, 6) is -0.571. The predicted octanol–water partition coefficient (Wildman–Crippen LogP) is 3.06. The standard InChI is InChI=1S/C20H18FNO3/c21-15-7-5-14(6-8-15)13-18(23)22-11-9-20(10-12-22)17-4-2-1-3-16(17)19(24)25-20/h1-8H,9-13H2. The van der Waals surface area contributed by atoms with Crippen molar-refractivity contribution in [2.24, 2.45) is 0 Å². The van der Waals surface area contributed by atoms with E-state index in [1.54, 1.807) is 23.1 Å². The third-order valence-electron chi connectivity index (χ3n) is 5.12. The fourth-order valence-corrected chi connectivity index (χ4v) is 3.72. The Morgan fingerprint density at radius 2 is 1.76 bits per heavy atom. The molecule has 4 rings (SSSR count). The van der Waals surface area contributed by atoms with E-state index in [4.69, 9.17) is 4.74 Å². The molecule has 0 saturated carbocycles. The molecule has 2 aromatic carbocycles. The van der Waals surface area contributed by atoms with Crippen molar-refractivity contribution >= 4 is 11.9 Å². The van der Waals surface area contributed by atoms with Crippen molar-refractivity contribution in [2.45, 2.75) is 24.9 Å². The maximum atomic E-state index is 13.0. The molecule has 25 heavy (non-hydrogen) atoms. The van der Waals surface area contributed by atoms with Crippen LogP contribution in [0.3, 0.4) is 0 Å². The molecule has 2 aliphatic heterocycles. The van der Waals surface area contributed by atoms with Crippen LogP contribution in [0.5, 0.6) is 0 Å². The van der Waals surface area contributed by atoms with Gasteiger partial charge in [0.15, 0.2) is 0 Å². The molecule has 0 bridgehead atoms. The first kappa shape index (κ1) is 15.8. The van der Waals surface area contributed by atoms with Crippen LogP contribution in [0.4, 0.5) is 4.39 Å². The van der Waals surface area contributed by atoms with Gasteiger partial charge in [-0.05, 0) is 23.8 Å². The summed E-state index contributed by atoms with van der Waals surface area (Å²) in [4.78, 5) is 26.4. The van der Waals surface area contributed by atoms with Gasteiger partial charge in [0.1, 0.15) is 11.4 Å². The zero-order chi connectivity index (χ0) is 17.4. The molecule has 4 nitrogen and oxygen atoms in total. The first-order valence-corrected chi connectivity index (χ1v) is 8.42. The third kappa shape index (κ3) is 2.80. The third-order valence-corrected chi connectivity index (χ3v) is 5.12. The molecule has 0 unspecified atom stereocenters. The number of carbonyl (C=O) groups excluding carboxylic acids is 2. The van der Waals surface area contributed by atoms with Crippen molar-refractivity contribution in [2.75, 3.05) is 13.1 Å². The van der Waals surface area contributed by atoms with Gasteiger partial charge in [-0.15, -0.1) is 0 Å². The summed E-state index contributed by atoms with van der Waals surface area (Å²) in [6.07, 6.45) is 1.46. The Kier molecular flexibility index (Phi) is 3.79. The molecular weight excluding hydrogens is 321 g/mol. The highest BCUT2D eigenvalue weighted by molar-refractivity contribution is 5.94. The van der Waals surface area contributed by atoms with Crippen molar-refractivity contribution in [3.8, 4) is 0 Å². The quantitative estimate of drug-likeness (QED) is 0.790. The smallest absolute Gasteiger partial charge is 0.339 e. The van der Waals surface area contributed by atoms with Crippen LogP contribution < -0.4 is 0 Å². The van der Waals surface area contributed by atoms with E-state index in [0.717, 1.165) is 11.1 Å². The lowest BCUT2D eigenvalue weighted by Gasteiger charge is -2.38. The van der Waals surface area contributed by atoms with E-state index in [-0.39, 0.29) is 24.1 Å². The molecular formula is C20H18FNO3. The number of carbonyl (C=O) groups is 2. The lowest BCUT2D eigenvalue weighted by atomic mass is 9.83. The molecule has 1 saturated heterocycles. The molecule has 2 aromatic rings. The molecule has 0 N–H and O–H groups in total. The van der Waals surface area contributed by atoms with Gasteiger partial charge in [-0.1, -0.05) is 30.3 Å². The number of nitrogens with zero attached hydrogens (tertiary/aromatic N) is 1. The van der Waals surface area contributed by atoms with E-state index in [1.807, 2.05) is 18.2 Å².